The van der Waals surface area contributed by atoms with Crippen LogP contribution in [0, 0.1) is 6.92 Å². The number of hydrogen-bond donors (Lipinski definition) is 1. The van der Waals surface area contributed by atoms with E-state index in [1.54, 1.807) is 6.20 Å². The van der Waals surface area contributed by atoms with Gasteiger partial charge in [-0.1, -0.05) is 0 Å². The van der Waals surface area contributed by atoms with Gasteiger partial charge in [0.15, 0.2) is 5.65 Å². The highest BCUT2D eigenvalue weighted by Gasteiger charge is 2.15. The fourth-order valence-electron chi connectivity index (χ4n) is 3.01. The van der Waals surface area contributed by atoms with Gasteiger partial charge in [0.05, 0.1) is 16.1 Å². The number of nitrogens with zero attached hydrogens (tertiary/aromatic N) is 4. The molecule has 0 radical (unpaired) electrons. The summed E-state index contributed by atoms with van der Waals surface area (Å²) in [6.07, 6.45) is 7.66. The molecule has 0 fully saturated rings. The third kappa shape index (κ3) is 3.03. The van der Waals surface area contributed by atoms with Gasteiger partial charge in [0, 0.05) is 24.0 Å². The van der Waals surface area contributed by atoms with Crippen molar-refractivity contribution in [2.45, 2.75) is 39.0 Å². The maximum atomic E-state index is 4.80. The minimum atomic E-state index is 0.739. The molecule has 0 aliphatic heterocycles. The predicted molar refractivity (Wildman–Crippen MR) is 93.0 cm³/mol. The Balaban J connectivity index is 1.48. The summed E-state index contributed by atoms with van der Waals surface area (Å²) >= 11 is 1.88. The van der Waals surface area contributed by atoms with Crippen molar-refractivity contribution in [1.29, 1.82) is 0 Å². The summed E-state index contributed by atoms with van der Waals surface area (Å²) in [5, 5.41) is 5.64. The molecule has 0 atom stereocenters. The van der Waals surface area contributed by atoms with Gasteiger partial charge in [-0.2, -0.15) is 0 Å². The smallest absolute Gasteiger partial charge is 0.164 e. The summed E-state index contributed by atoms with van der Waals surface area (Å²) in [4.78, 5) is 19.5. The molecule has 23 heavy (non-hydrogen) atoms. The molecule has 0 unspecified atom stereocenters. The van der Waals surface area contributed by atoms with Crippen molar-refractivity contribution < 1.29 is 0 Å². The Labute approximate surface area is 139 Å². The molecule has 0 spiro atoms. The largest absolute Gasteiger partial charge is 0.369 e. The van der Waals surface area contributed by atoms with Crippen LogP contribution in [0.5, 0.6) is 0 Å². The number of aromatic nitrogens is 4. The highest BCUT2D eigenvalue weighted by atomic mass is 32.1. The van der Waals surface area contributed by atoms with E-state index in [0.717, 1.165) is 42.1 Å². The van der Waals surface area contributed by atoms with Crippen molar-refractivity contribution >= 4 is 28.2 Å². The minimum Gasteiger partial charge on any atom is -0.369 e. The van der Waals surface area contributed by atoms with E-state index in [0.29, 0.717) is 0 Å². The molecule has 0 saturated carbocycles. The summed E-state index contributed by atoms with van der Waals surface area (Å²) in [6.45, 7) is 2.72. The number of pyridine rings is 1. The monoisotopic (exact) mass is 325 g/mol. The Morgan fingerprint density at radius 3 is 3.00 bits per heavy atom. The summed E-state index contributed by atoms with van der Waals surface area (Å²) in [5.41, 5.74) is 2.08. The molecule has 118 valence electrons. The van der Waals surface area contributed by atoms with E-state index in [1.807, 2.05) is 30.4 Å². The molecule has 3 heterocycles. The zero-order valence-corrected chi connectivity index (χ0v) is 14.0. The van der Waals surface area contributed by atoms with Crippen LogP contribution in [0.15, 0.2) is 18.3 Å². The predicted octanol–water partition coefficient (Wildman–Crippen LogP) is 3.32. The van der Waals surface area contributed by atoms with E-state index in [1.165, 1.54) is 34.8 Å². The highest BCUT2D eigenvalue weighted by molar-refractivity contribution is 7.11. The Bertz CT molecular complexity index is 819. The topological polar surface area (TPSA) is 63.6 Å². The standard InChI is InChI=1S/C17H19N5S/c1-11-20-16-12(5-4-9-18-16)17(21-11)19-10-8-15-22-13-6-2-3-7-14(13)23-15/h4-5,9H,2-3,6-8,10H2,1H3,(H,18,19,20,21). The zero-order chi connectivity index (χ0) is 15.6. The first-order valence-electron chi connectivity index (χ1n) is 8.10. The third-order valence-electron chi connectivity index (χ3n) is 4.10. The first-order valence-corrected chi connectivity index (χ1v) is 8.92. The number of thiazole rings is 1. The van der Waals surface area contributed by atoms with Gasteiger partial charge < -0.3 is 5.32 Å². The SMILES string of the molecule is Cc1nc(NCCc2nc3c(s2)CCCC3)c2cccnc2n1. The molecule has 1 N–H and O–H groups in total. The lowest BCUT2D eigenvalue weighted by molar-refractivity contribution is 0.680. The van der Waals surface area contributed by atoms with Gasteiger partial charge in [-0.05, 0) is 44.7 Å². The van der Waals surface area contributed by atoms with Crippen LogP contribution in [0.1, 0.15) is 34.2 Å². The fourth-order valence-corrected chi connectivity index (χ4v) is 4.16. The van der Waals surface area contributed by atoms with Gasteiger partial charge in [0.25, 0.3) is 0 Å². The second-order valence-corrected chi connectivity index (χ2v) is 7.02. The zero-order valence-electron chi connectivity index (χ0n) is 13.2. The molecule has 6 heteroatoms. The molecule has 5 nitrogen and oxygen atoms in total. The van der Waals surface area contributed by atoms with Gasteiger partial charge in [-0.15, -0.1) is 11.3 Å². The molecule has 3 aromatic rings. The number of aryl methyl sites for hydroxylation is 3. The van der Waals surface area contributed by atoms with E-state index in [9.17, 15) is 0 Å². The summed E-state index contributed by atoms with van der Waals surface area (Å²) in [7, 11) is 0. The number of hydrogen-bond acceptors (Lipinski definition) is 6. The maximum Gasteiger partial charge on any atom is 0.164 e. The molecule has 4 rings (SSSR count). The number of fused-ring (bicyclic) bond motifs is 2. The van der Waals surface area contributed by atoms with Crippen molar-refractivity contribution in [3.8, 4) is 0 Å². The van der Waals surface area contributed by atoms with Crippen LogP contribution in [0.2, 0.25) is 0 Å². The first-order chi connectivity index (χ1) is 11.3. The van der Waals surface area contributed by atoms with Crippen molar-refractivity contribution in [2.24, 2.45) is 0 Å². The van der Waals surface area contributed by atoms with Crippen LogP contribution in [0.3, 0.4) is 0 Å². The third-order valence-corrected chi connectivity index (χ3v) is 5.32. The van der Waals surface area contributed by atoms with Crippen LogP contribution in [-0.4, -0.2) is 26.5 Å². The normalized spacial score (nSPS) is 14.0. The molecule has 1 aliphatic rings. The van der Waals surface area contributed by atoms with Crippen LogP contribution < -0.4 is 5.32 Å². The van der Waals surface area contributed by atoms with Crippen molar-refractivity contribution in [1.82, 2.24) is 19.9 Å². The summed E-state index contributed by atoms with van der Waals surface area (Å²) in [5.74, 6) is 1.60. The van der Waals surface area contributed by atoms with E-state index >= 15 is 0 Å². The highest BCUT2D eigenvalue weighted by Crippen LogP contribution is 2.27. The van der Waals surface area contributed by atoms with Gasteiger partial charge in [0.2, 0.25) is 0 Å². The van der Waals surface area contributed by atoms with E-state index in [4.69, 9.17) is 4.98 Å². The number of anilines is 1. The molecular weight excluding hydrogens is 306 g/mol. The second kappa shape index (κ2) is 6.20. The lowest BCUT2D eigenvalue weighted by Crippen LogP contribution is -2.08. The summed E-state index contributed by atoms with van der Waals surface area (Å²) < 4.78 is 0. The van der Waals surface area contributed by atoms with Crippen LogP contribution >= 0.6 is 11.3 Å². The van der Waals surface area contributed by atoms with E-state index in [-0.39, 0.29) is 0 Å². The first kappa shape index (κ1) is 14.5. The lowest BCUT2D eigenvalue weighted by Gasteiger charge is -2.08. The number of rotatable bonds is 4. The molecule has 0 bridgehead atoms. The average Bonchev–Trinajstić information content (AvgIpc) is 2.97. The molecule has 0 aromatic carbocycles. The molecule has 0 amide bonds. The molecule has 0 saturated heterocycles. The minimum absolute atomic E-state index is 0.739. The van der Waals surface area contributed by atoms with Crippen molar-refractivity contribution in [2.75, 3.05) is 11.9 Å². The van der Waals surface area contributed by atoms with Gasteiger partial charge in [0.1, 0.15) is 11.6 Å². The Morgan fingerprint density at radius 2 is 2.09 bits per heavy atom. The maximum absolute atomic E-state index is 4.80. The quantitative estimate of drug-likeness (QED) is 0.797. The fraction of sp³-hybridized carbons (Fsp3) is 0.412. The second-order valence-electron chi connectivity index (χ2n) is 5.86. The van der Waals surface area contributed by atoms with E-state index in [2.05, 4.69) is 20.3 Å². The molecule has 1 aliphatic carbocycles. The van der Waals surface area contributed by atoms with Gasteiger partial charge in [-0.3, -0.25) is 0 Å². The Hall–Kier alpha value is -2.08. The summed E-state index contributed by atoms with van der Waals surface area (Å²) in [6, 6.07) is 3.92. The van der Waals surface area contributed by atoms with Crippen molar-refractivity contribution in [3.63, 3.8) is 0 Å². The van der Waals surface area contributed by atoms with E-state index < -0.39 is 0 Å². The Kier molecular flexibility index (Phi) is 3.91. The van der Waals surface area contributed by atoms with Crippen LogP contribution in [0.25, 0.3) is 11.0 Å². The average molecular weight is 325 g/mol. The molecule has 3 aromatic heterocycles. The van der Waals surface area contributed by atoms with Crippen molar-refractivity contribution in [3.05, 3.63) is 39.7 Å². The Morgan fingerprint density at radius 1 is 1.17 bits per heavy atom. The van der Waals surface area contributed by atoms with Crippen LogP contribution in [0.4, 0.5) is 5.82 Å². The molecular formula is C17H19N5S. The van der Waals surface area contributed by atoms with Gasteiger partial charge >= 0.3 is 0 Å². The van der Waals surface area contributed by atoms with Crippen LogP contribution in [-0.2, 0) is 19.3 Å². The van der Waals surface area contributed by atoms with Gasteiger partial charge in [-0.25, -0.2) is 19.9 Å². The lowest BCUT2D eigenvalue weighted by atomic mass is 10.0. The number of nitrogens with one attached hydrogen (secondary N) is 1.